The van der Waals surface area contributed by atoms with Crippen LogP contribution in [0.25, 0.3) is 10.2 Å². The SMILES string of the molecule is CC[C@@H](C)c1nc(N2CCN(C(=O)CCC3CCCC3)CC2)c2c3c(sc2n1)CCCC3. The van der Waals surface area contributed by atoms with E-state index in [4.69, 9.17) is 9.97 Å². The number of carbonyl (C=O) groups excluding carboxylic acids is 1. The first-order chi connectivity index (χ1) is 15.6. The molecule has 0 N–H and O–H groups in total. The highest BCUT2D eigenvalue weighted by Gasteiger charge is 2.28. The fourth-order valence-corrected chi connectivity index (χ4v) is 7.00. The summed E-state index contributed by atoms with van der Waals surface area (Å²) in [4.78, 5) is 30.3. The van der Waals surface area contributed by atoms with E-state index >= 15 is 0 Å². The summed E-state index contributed by atoms with van der Waals surface area (Å²) in [6, 6.07) is 0. The Bertz CT molecular complexity index is 956. The summed E-state index contributed by atoms with van der Waals surface area (Å²) in [7, 11) is 0. The van der Waals surface area contributed by atoms with E-state index in [2.05, 4.69) is 23.6 Å². The Balaban J connectivity index is 1.34. The minimum Gasteiger partial charge on any atom is -0.352 e. The fourth-order valence-electron chi connectivity index (χ4n) is 5.74. The second kappa shape index (κ2) is 9.66. The van der Waals surface area contributed by atoms with E-state index in [0.717, 1.165) is 69.4 Å². The van der Waals surface area contributed by atoms with Crippen molar-refractivity contribution in [3.05, 3.63) is 16.3 Å². The first-order valence-corrected chi connectivity index (χ1v) is 13.8. The molecule has 1 atom stereocenters. The fraction of sp³-hybridized carbons (Fsp3) is 0.731. The molecule has 1 saturated carbocycles. The average molecular weight is 455 g/mol. The molecule has 3 heterocycles. The minimum absolute atomic E-state index is 0.359. The molecule has 0 radical (unpaired) electrons. The van der Waals surface area contributed by atoms with E-state index in [-0.39, 0.29) is 0 Å². The molecular weight excluding hydrogens is 416 g/mol. The molecule has 5 rings (SSSR count). The quantitative estimate of drug-likeness (QED) is 0.561. The highest BCUT2D eigenvalue weighted by Crippen LogP contribution is 2.40. The maximum absolute atomic E-state index is 12.8. The van der Waals surface area contributed by atoms with Crippen molar-refractivity contribution in [2.24, 2.45) is 5.92 Å². The van der Waals surface area contributed by atoms with Gasteiger partial charge in [-0.15, -0.1) is 11.3 Å². The van der Waals surface area contributed by atoms with Gasteiger partial charge in [0.2, 0.25) is 5.91 Å². The van der Waals surface area contributed by atoms with Gasteiger partial charge < -0.3 is 9.80 Å². The summed E-state index contributed by atoms with van der Waals surface area (Å²) in [5.74, 6) is 3.65. The summed E-state index contributed by atoms with van der Waals surface area (Å²) < 4.78 is 0. The Morgan fingerprint density at radius 2 is 1.81 bits per heavy atom. The number of aryl methyl sites for hydroxylation is 2. The molecule has 2 fully saturated rings. The van der Waals surface area contributed by atoms with E-state index in [0.29, 0.717) is 11.8 Å². The van der Waals surface area contributed by atoms with Crippen LogP contribution >= 0.6 is 11.3 Å². The third-order valence-electron chi connectivity index (χ3n) is 8.04. The van der Waals surface area contributed by atoms with Gasteiger partial charge in [-0.3, -0.25) is 4.79 Å². The van der Waals surface area contributed by atoms with Crippen molar-refractivity contribution >= 4 is 33.3 Å². The molecule has 174 valence electrons. The van der Waals surface area contributed by atoms with Crippen molar-refractivity contribution in [2.45, 2.75) is 90.4 Å². The number of amides is 1. The van der Waals surface area contributed by atoms with Crippen molar-refractivity contribution in [2.75, 3.05) is 31.1 Å². The molecular formula is C26H38N4OS. The number of anilines is 1. The molecule has 2 aromatic heterocycles. The van der Waals surface area contributed by atoms with Crippen molar-refractivity contribution in [3.63, 3.8) is 0 Å². The number of nitrogens with zero attached hydrogens (tertiary/aromatic N) is 4. The lowest BCUT2D eigenvalue weighted by Crippen LogP contribution is -2.49. The Morgan fingerprint density at radius 1 is 1.06 bits per heavy atom. The molecule has 2 aliphatic carbocycles. The van der Waals surface area contributed by atoms with Gasteiger partial charge in [0.25, 0.3) is 0 Å². The number of carbonyl (C=O) groups is 1. The van der Waals surface area contributed by atoms with Crippen molar-refractivity contribution < 1.29 is 4.79 Å². The molecule has 5 nitrogen and oxygen atoms in total. The molecule has 0 spiro atoms. The second-order valence-electron chi connectivity index (χ2n) is 10.2. The number of aromatic nitrogens is 2. The van der Waals surface area contributed by atoms with Gasteiger partial charge in [0.1, 0.15) is 16.5 Å². The normalized spacial score (nSPS) is 20.7. The highest BCUT2D eigenvalue weighted by atomic mass is 32.1. The van der Waals surface area contributed by atoms with Gasteiger partial charge in [-0.05, 0) is 50.0 Å². The lowest BCUT2D eigenvalue weighted by Gasteiger charge is -2.36. The predicted octanol–water partition coefficient (Wildman–Crippen LogP) is 5.70. The molecule has 1 saturated heterocycles. The van der Waals surface area contributed by atoms with Crippen LogP contribution in [0.15, 0.2) is 0 Å². The summed E-state index contributed by atoms with van der Waals surface area (Å²) in [6.45, 7) is 7.85. The first kappa shape index (κ1) is 22.1. The summed E-state index contributed by atoms with van der Waals surface area (Å²) in [5.41, 5.74) is 1.51. The summed E-state index contributed by atoms with van der Waals surface area (Å²) >= 11 is 1.90. The lowest BCUT2D eigenvalue weighted by molar-refractivity contribution is -0.131. The number of thiophene rings is 1. The smallest absolute Gasteiger partial charge is 0.222 e. The molecule has 2 aromatic rings. The number of hydrogen-bond donors (Lipinski definition) is 0. The predicted molar refractivity (Wildman–Crippen MR) is 133 cm³/mol. The Kier molecular flexibility index (Phi) is 6.68. The van der Waals surface area contributed by atoms with Crippen LogP contribution in [0.3, 0.4) is 0 Å². The highest BCUT2D eigenvalue weighted by molar-refractivity contribution is 7.19. The number of rotatable bonds is 6. The van der Waals surface area contributed by atoms with Gasteiger partial charge in [0, 0.05) is 43.4 Å². The monoisotopic (exact) mass is 454 g/mol. The van der Waals surface area contributed by atoms with Crippen molar-refractivity contribution in [3.8, 4) is 0 Å². The molecule has 6 heteroatoms. The number of fused-ring (bicyclic) bond motifs is 3. The maximum Gasteiger partial charge on any atom is 0.222 e. The minimum atomic E-state index is 0.359. The third-order valence-corrected chi connectivity index (χ3v) is 9.22. The molecule has 1 aliphatic heterocycles. The average Bonchev–Trinajstić information content (AvgIpc) is 3.49. The molecule has 32 heavy (non-hydrogen) atoms. The molecule has 0 unspecified atom stereocenters. The van der Waals surface area contributed by atoms with Gasteiger partial charge in [-0.2, -0.15) is 0 Å². The van der Waals surface area contributed by atoms with Crippen LogP contribution in [0.2, 0.25) is 0 Å². The van der Waals surface area contributed by atoms with Crippen molar-refractivity contribution in [1.82, 2.24) is 14.9 Å². The first-order valence-electron chi connectivity index (χ1n) is 13.0. The largest absolute Gasteiger partial charge is 0.352 e. The molecule has 1 amide bonds. The zero-order chi connectivity index (χ0) is 22.1. The van der Waals surface area contributed by atoms with Crippen LogP contribution in [0.4, 0.5) is 5.82 Å². The Labute approximate surface area is 196 Å². The number of piperazine rings is 1. The number of hydrogen-bond acceptors (Lipinski definition) is 5. The van der Waals surface area contributed by atoms with Crippen LogP contribution in [0, 0.1) is 5.92 Å². The zero-order valence-corrected chi connectivity index (χ0v) is 20.7. The van der Waals surface area contributed by atoms with Crippen LogP contribution in [0.5, 0.6) is 0 Å². The van der Waals surface area contributed by atoms with Crippen LogP contribution in [-0.2, 0) is 17.6 Å². The molecule has 3 aliphatic rings. The standard InChI is InChI=1S/C26H38N4OS/c1-3-18(2)24-27-25(23-20-10-6-7-11-21(20)32-26(23)28-24)30-16-14-29(15-17-30)22(31)13-12-19-8-4-5-9-19/h18-19H,3-17H2,1-2H3/t18-/m1/s1. The maximum atomic E-state index is 12.8. The lowest BCUT2D eigenvalue weighted by atomic mass is 9.96. The Morgan fingerprint density at radius 3 is 2.56 bits per heavy atom. The van der Waals surface area contributed by atoms with E-state index in [9.17, 15) is 4.79 Å². The van der Waals surface area contributed by atoms with Crippen LogP contribution in [0.1, 0.15) is 93.8 Å². The van der Waals surface area contributed by atoms with Crippen LogP contribution in [-0.4, -0.2) is 47.0 Å². The third kappa shape index (κ3) is 4.40. The van der Waals surface area contributed by atoms with Gasteiger partial charge in [0.05, 0.1) is 5.39 Å². The zero-order valence-electron chi connectivity index (χ0n) is 19.9. The topological polar surface area (TPSA) is 49.3 Å². The molecule has 0 bridgehead atoms. The van der Waals surface area contributed by atoms with E-state index in [1.807, 2.05) is 11.3 Å². The second-order valence-corrected chi connectivity index (χ2v) is 11.2. The summed E-state index contributed by atoms with van der Waals surface area (Å²) in [6.07, 6.45) is 13.2. The van der Waals surface area contributed by atoms with Crippen LogP contribution < -0.4 is 4.90 Å². The van der Waals surface area contributed by atoms with Gasteiger partial charge >= 0.3 is 0 Å². The van der Waals surface area contributed by atoms with Gasteiger partial charge in [0.15, 0.2) is 0 Å². The van der Waals surface area contributed by atoms with E-state index in [1.54, 1.807) is 0 Å². The van der Waals surface area contributed by atoms with Gasteiger partial charge in [-0.25, -0.2) is 9.97 Å². The van der Waals surface area contributed by atoms with E-state index < -0.39 is 0 Å². The summed E-state index contributed by atoms with van der Waals surface area (Å²) in [5, 5.41) is 1.32. The van der Waals surface area contributed by atoms with Gasteiger partial charge in [-0.1, -0.05) is 39.5 Å². The van der Waals surface area contributed by atoms with Crippen molar-refractivity contribution in [1.29, 1.82) is 0 Å². The van der Waals surface area contributed by atoms with E-state index in [1.165, 1.54) is 65.6 Å². The Hall–Kier alpha value is -1.69. The molecule has 0 aromatic carbocycles.